The molecule has 1 amide bonds. The number of pyridine rings is 1. The summed E-state index contributed by atoms with van der Waals surface area (Å²) in [6.07, 6.45) is 8.49. The number of carbonyl (C=O) groups excluding carboxylic acids is 1. The van der Waals surface area contributed by atoms with Crippen LogP contribution < -0.4 is 11.1 Å². The fourth-order valence-corrected chi connectivity index (χ4v) is 2.94. The minimum absolute atomic E-state index is 0. The van der Waals surface area contributed by atoms with Crippen molar-refractivity contribution in [1.29, 1.82) is 0 Å². The van der Waals surface area contributed by atoms with E-state index in [1.807, 2.05) is 6.92 Å². The van der Waals surface area contributed by atoms with Crippen molar-refractivity contribution in [3.8, 4) is 5.82 Å². The summed E-state index contributed by atoms with van der Waals surface area (Å²) in [6, 6.07) is 3.59. The average molecular weight is 373 g/mol. The molecule has 0 bridgehead atoms. The fraction of sp³-hybridized carbons (Fsp3) is 0.467. The SMILES string of the molecule is CC1(N)CCCCC1C(=O)Nc1ccc(-n2cncn2)nc1.Cl.Cl. The number of hydrogen-bond donors (Lipinski definition) is 2. The van der Waals surface area contributed by atoms with Crippen LogP contribution in [0, 0.1) is 5.92 Å². The van der Waals surface area contributed by atoms with Crippen molar-refractivity contribution in [3.05, 3.63) is 31.0 Å². The predicted octanol–water partition coefficient (Wildman–Crippen LogP) is 2.35. The normalized spacial score (nSPS) is 22.8. The van der Waals surface area contributed by atoms with Crippen LogP contribution >= 0.6 is 24.8 Å². The number of nitrogens with one attached hydrogen (secondary N) is 1. The van der Waals surface area contributed by atoms with Crippen molar-refractivity contribution in [1.82, 2.24) is 19.7 Å². The highest BCUT2D eigenvalue weighted by molar-refractivity contribution is 5.93. The third kappa shape index (κ3) is 4.43. The van der Waals surface area contributed by atoms with Crippen LogP contribution in [-0.2, 0) is 4.79 Å². The molecule has 7 nitrogen and oxygen atoms in total. The molecule has 0 saturated heterocycles. The smallest absolute Gasteiger partial charge is 0.229 e. The molecule has 0 radical (unpaired) electrons. The van der Waals surface area contributed by atoms with E-state index in [0.717, 1.165) is 25.7 Å². The second kappa shape index (κ2) is 8.41. The highest BCUT2D eigenvalue weighted by atomic mass is 35.5. The van der Waals surface area contributed by atoms with E-state index in [2.05, 4.69) is 20.4 Å². The van der Waals surface area contributed by atoms with Gasteiger partial charge in [0.2, 0.25) is 5.91 Å². The van der Waals surface area contributed by atoms with Gasteiger partial charge < -0.3 is 11.1 Å². The van der Waals surface area contributed by atoms with Crippen LogP contribution in [-0.4, -0.2) is 31.2 Å². The number of aromatic nitrogens is 4. The number of amides is 1. The average Bonchev–Trinajstić information content (AvgIpc) is 3.01. The minimum atomic E-state index is -0.434. The Morgan fingerprint density at radius 1 is 1.38 bits per heavy atom. The zero-order valence-corrected chi connectivity index (χ0v) is 15.0. The Balaban J connectivity index is 0.00000144. The summed E-state index contributed by atoms with van der Waals surface area (Å²) in [5.74, 6) is 0.466. The van der Waals surface area contributed by atoms with Gasteiger partial charge in [-0.25, -0.2) is 14.6 Å². The molecule has 2 aromatic heterocycles. The molecule has 0 aliphatic heterocycles. The predicted molar refractivity (Wildman–Crippen MR) is 96.8 cm³/mol. The summed E-state index contributed by atoms with van der Waals surface area (Å²) >= 11 is 0. The number of halogens is 2. The van der Waals surface area contributed by atoms with E-state index in [9.17, 15) is 4.79 Å². The van der Waals surface area contributed by atoms with Crippen LogP contribution in [0.2, 0.25) is 0 Å². The van der Waals surface area contributed by atoms with Gasteiger partial charge in [0, 0.05) is 5.54 Å². The maximum atomic E-state index is 12.5. The number of carbonyl (C=O) groups is 1. The first-order chi connectivity index (χ1) is 10.6. The first-order valence-electron chi connectivity index (χ1n) is 7.47. The van der Waals surface area contributed by atoms with Gasteiger partial charge >= 0.3 is 0 Å². The number of anilines is 1. The zero-order chi connectivity index (χ0) is 15.6. The molecule has 24 heavy (non-hydrogen) atoms. The Kier molecular flexibility index (Phi) is 7.13. The van der Waals surface area contributed by atoms with Crippen molar-refractivity contribution >= 4 is 36.4 Å². The number of nitrogens with two attached hydrogens (primary N) is 1. The summed E-state index contributed by atoms with van der Waals surface area (Å²) in [5.41, 5.74) is 6.50. The van der Waals surface area contributed by atoms with Crippen molar-refractivity contribution < 1.29 is 4.79 Å². The minimum Gasteiger partial charge on any atom is -0.325 e. The van der Waals surface area contributed by atoms with E-state index >= 15 is 0 Å². The topological polar surface area (TPSA) is 98.7 Å². The first kappa shape index (κ1) is 20.3. The quantitative estimate of drug-likeness (QED) is 0.861. The van der Waals surface area contributed by atoms with E-state index in [4.69, 9.17) is 5.73 Å². The van der Waals surface area contributed by atoms with Gasteiger partial charge in [-0.15, -0.1) is 24.8 Å². The van der Waals surface area contributed by atoms with Crippen LogP contribution in [0.15, 0.2) is 31.0 Å². The molecule has 1 fully saturated rings. The lowest BCUT2D eigenvalue weighted by Crippen LogP contribution is -2.51. The van der Waals surface area contributed by atoms with Crippen molar-refractivity contribution in [2.24, 2.45) is 11.7 Å². The van der Waals surface area contributed by atoms with Gasteiger partial charge in [-0.2, -0.15) is 5.10 Å². The van der Waals surface area contributed by atoms with Crippen LogP contribution in [0.3, 0.4) is 0 Å². The van der Waals surface area contributed by atoms with E-state index in [1.54, 1.807) is 29.3 Å². The molecule has 9 heteroatoms. The van der Waals surface area contributed by atoms with Crippen LogP contribution in [0.5, 0.6) is 0 Å². The van der Waals surface area contributed by atoms with Crippen LogP contribution in [0.4, 0.5) is 5.69 Å². The van der Waals surface area contributed by atoms with Crippen molar-refractivity contribution in [3.63, 3.8) is 0 Å². The molecule has 1 aliphatic carbocycles. The monoisotopic (exact) mass is 372 g/mol. The first-order valence-corrected chi connectivity index (χ1v) is 7.47. The molecule has 2 heterocycles. The van der Waals surface area contributed by atoms with Gasteiger partial charge in [0.05, 0.1) is 17.8 Å². The molecule has 0 aromatic carbocycles. The van der Waals surface area contributed by atoms with E-state index in [0.29, 0.717) is 11.5 Å². The molecule has 2 unspecified atom stereocenters. The van der Waals surface area contributed by atoms with E-state index < -0.39 is 5.54 Å². The van der Waals surface area contributed by atoms with Gasteiger partial charge in [-0.05, 0) is 31.9 Å². The van der Waals surface area contributed by atoms with Gasteiger partial charge in [0.25, 0.3) is 0 Å². The second-order valence-corrected chi connectivity index (χ2v) is 6.04. The van der Waals surface area contributed by atoms with Crippen molar-refractivity contribution in [2.45, 2.75) is 38.1 Å². The molecular formula is C15H22Cl2N6O. The fourth-order valence-electron chi connectivity index (χ4n) is 2.94. The van der Waals surface area contributed by atoms with Gasteiger partial charge in [-0.1, -0.05) is 12.8 Å². The third-order valence-electron chi connectivity index (χ3n) is 4.24. The molecular weight excluding hydrogens is 351 g/mol. The highest BCUT2D eigenvalue weighted by Gasteiger charge is 2.37. The lowest BCUT2D eigenvalue weighted by atomic mass is 9.74. The summed E-state index contributed by atoms with van der Waals surface area (Å²) in [5, 5.41) is 6.92. The molecule has 3 N–H and O–H groups in total. The molecule has 0 spiro atoms. The lowest BCUT2D eigenvalue weighted by Gasteiger charge is -2.37. The number of hydrogen-bond acceptors (Lipinski definition) is 5. The Bertz CT molecular complexity index is 644. The largest absolute Gasteiger partial charge is 0.325 e. The molecule has 1 aliphatic rings. The Hall–Kier alpha value is -1.70. The number of nitrogens with zero attached hydrogens (tertiary/aromatic N) is 4. The maximum Gasteiger partial charge on any atom is 0.229 e. The van der Waals surface area contributed by atoms with Crippen molar-refractivity contribution in [2.75, 3.05) is 5.32 Å². The molecule has 1 saturated carbocycles. The molecule has 132 valence electrons. The Labute approximate surface area is 153 Å². The summed E-state index contributed by atoms with van der Waals surface area (Å²) in [4.78, 5) is 20.6. The Morgan fingerprint density at radius 2 is 2.17 bits per heavy atom. The summed E-state index contributed by atoms with van der Waals surface area (Å²) < 4.78 is 1.56. The van der Waals surface area contributed by atoms with Crippen LogP contribution in [0.25, 0.3) is 5.82 Å². The second-order valence-electron chi connectivity index (χ2n) is 6.04. The maximum absolute atomic E-state index is 12.5. The Morgan fingerprint density at radius 3 is 2.75 bits per heavy atom. The molecule has 2 aromatic rings. The zero-order valence-electron chi connectivity index (χ0n) is 13.4. The highest BCUT2D eigenvalue weighted by Crippen LogP contribution is 2.32. The molecule has 3 rings (SSSR count). The summed E-state index contributed by atoms with van der Waals surface area (Å²) in [6.45, 7) is 1.96. The lowest BCUT2D eigenvalue weighted by molar-refractivity contribution is -0.122. The number of rotatable bonds is 3. The molecule has 2 atom stereocenters. The summed E-state index contributed by atoms with van der Waals surface area (Å²) in [7, 11) is 0. The van der Waals surface area contributed by atoms with Gasteiger partial charge in [-0.3, -0.25) is 4.79 Å². The van der Waals surface area contributed by atoms with Crippen LogP contribution in [0.1, 0.15) is 32.6 Å². The van der Waals surface area contributed by atoms with Gasteiger partial charge in [0.1, 0.15) is 12.7 Å². The van der Waals surface area contributed by atoms with E-state index in [-0.39, 0.29) is 36.6 Å². The standard InChI is InChI=1S/C15H20N6O.2ClH/c1-15(16)7-3-2-4-12(15)14(22)20-11-5-6-13(18-8-11)21-10-17-9-19-21;;/h5-6,8-10,12H,2-4,7,16H2,1H3,(H,20,22);2*1H. The van der Waals surface area contributed by atoms with Gasteiger partial charge in [0.15, 0.2) is 5.82 Å². The third-order valence-corrected chi connectivity index (χ3v) is 4.24. The van der Waals surface area contributed by atoms with E-state index in [1.165, 1.54) is 6.33 Å².